The third kappa shape index (κ3) is 2.25. The second kappa shape index (κ2) is 3.53. The second-order valence-corrected chi connectivity index (χ2v) is 3.66. The van der Waals surface area contributed by atoms with Crippen molar-refractivity contribution in [2.24, 2.45) is 5.73 Å². The van der Waals surface area contributed by atoms with Crippen molar-refractivity contribution < 1.29 is 14.7 Å². The summed E-state index contributed by atoms with van der Waals surface area (Å²) in [5, 5.41) is 8.65. The SMILES string of the molecule is Cc1sc(C(N)=O)nc1CC(=O)O. The van der Waals surface area contributed by atoms with E-state index in [4.69, 9.17) is 10.8 Å². The van der Waals surface area contributed by atoms with Gasteiger partial charge in [-0.1, -0.05) is 0 Å². The molecule has 0 fully saturated rings. The lowest BCUT2D eigenvalue weighted by Gasteiger charge is -1.89. The highest BCUT2D eigenvalue weighted by molar-refractivity contribution is 7.13. The number of aromatic nitrogens is 1. The van der Waals surface area contributed by atoms with Gasteiger partial charge >= 0.3 is 5.97 Å². The van der Waals surface area contributed by atoms with Gasteiger partial charge in [-0.25, -0.2) is 4.98 Å². The Morgan fingerprint density at radius 1 is 1.62 bits per heavy atom. The number of primary amides is 1. The molecule has 13 heavy (non-hydrogen) atoms. The van der Waals surface area contributed by atoms with Crippen molar-refractivity contribution in [3.63, 3.8) is 0 Å². The molecule has 0 aromatic carbocycles. The molecule has 3 N–H and O–H groups in total. The first kappa shape index (κ1) is 9.66. The maximum absolute atomic E-state index is 10.7. The number of nitrogens with two attached hydrogens (primary N) is 1. The van der Waals surface area contributed by atoms with Gasteiger partial charge < -0.3 is 10.8 Å². The van der Waals surface area contributed by atoms with Crippen LogP contribution in [0.25, 0.3) is 0 Å². The van der Waals surface area contributed by atoms with Crippen molar-refractivity contribution in [3.8, 4) is 0 Å². The molecule has 0 radical (unpaired) electrons. The fraction of sp³-hybridized carbons (Fsp3) is 0.286. The average Bonchev–Trinajstić information content (AvgIpc) is 2.31. The predicted molar refractivity (Wildman–Crippen MR) is 46.7 cm³/mol. The zero-order valence-electron chi connectivity index (χ0n) is 6.90. The molecule has 0 aliphatic carbocycles. The van der Waals surface area contributed by atoms with Crippen LogP contribution in [0.2, 0.25) is 0 Å². The zero-order chi connectivity index (χ0) is 10.0. The summed E-state index contributed by atoms with van der Waals surface area (Å²) < 4.78 is 0. The van der Waals surface area contributed by atoms with E-state index in [-0.39, 0.29) is 11.4 Å². The van der Waals surface area contributed by atoms with Gasteiger partial charge in [-0.3, -0.25) is 9.59 Å². The van der Waals surface area contributed by atoms with E-state index in [1.54, 1.807) is 6.92 Å². The summed E-state index contributed by atoms with van der Waals surface area (Å²) in [5.41, 5.74) is 5.40. The minimum atomic E-state index is -0.968. The summed E-state index contributed by atoms with van der Waals surface area (Å²) in [5.74, 6) is -1.59. The topological polar surface area (TPSA) is 93.3 Å². The molecule has 0 aliphatic rings. The lowest BCUT2D eigenvalue weighted by Crippen LogP contribution is -2.10. The number of amides is 1. The van der Waals surface area contributed by atoms with Gasteiger partial charge in [-0.15, -0.1) is 11.3 Å². The molecule has 0 saturated carbocycles. The number of rotatable bonds is 3. The van der Waals surface area contributed by atoms with E-state index >= 15 is 0 Å². The number of aliphatic carboxylic acids is 1. The monoisotopic (exact) mass is 200 g/mol. The van der Waals surface area contributed by atoms with Crippen LogP contribution in [0.1, 0.15) is 20.4 Å². The quantitative estimate of drug-likeness (QED) is 0.727. The molecule has 0 saturated heterocycles. The molecular weight excluding hydrogens is 192 g/mol. The van der Waals surface area contributed by atoms with E-state index in [0.717, 1.165) is 16.2 Å². The van der Waals surface area contributed by atoms with Crippen molar-refractivity contribution in [2.45, 2.75) is 13.3 Å². The molecule has 6 heteroatoms. The van der Waals surface area contributed by atoms with Crippen molar-refractivity contribution in [1.82, 2.24) is 4.98 Å². The van der Waals surface area contributed by atoms with E-state index in [2.05, 4.69) is 4.98 Å². The van der Waals surface area contributed by atoms with Gasteiger partial charge in [0.15, 0.2) is 5.01 Å². The number of carbonyl (C=O) groups is 2. The standard InChI is InChI=1S/C7H8N2O3S/c1-3-4(2-5(10)11)9-7(13-3)6(8)12/h2H2,1H3,(H2,8,12)(H,10,11). The fourth-order valence-corrected chi connectivity index (χ4v) is 1.62. The first-order chi connectivity index (χ1) is 6.00. The minimum Gasteiger partial charge on any atom is -0.481 e. The van der Waals surface area contributed by atoms with E-state index < -0.39 is 11.9 Å². The minimum absolute atomic E-state index is 0.161. The average molecular weight is 200 g/mol. The van der Waals surface area contributed by atoms with Crippen LogP contribution in [0.4, 0.5) is 0 Å². The second-order valence-electron chi connectivity index (χ2n) is 2.46. The fourth-order valence-electron chi connectivity index (χ4n) is 0.841. The van der Waals surface area contributed by atoms with Crippen molar-refractivity contribution in [3.05, 3.63) is 15.6 Å². The van der Waals surface area contributed by atoms with Crippen LogP contribution in [-0.4, -0.2) is 22.0 Å². The van der Waals surface area contributed by atoms with Crippen LogP contribution in [0.3, 0.4) is 0 Å². The number of carboxylic acid groups (broad SMARTS) is 1. The highest BCUT2D eigenvalue weighted by Crippen LogP contribution is 2.17. The van der Waals surface area contributed by atoms with Gasteiger partial charge in [0.25, 0.3) is 5.91 Å². The summed E-state index contributed by atoms with van der Waals surface area (Å²) in [6.45, 7) is 1.71. The summed E-state index contributed by atoms with van der Waals surface area (Å²) in [7, 11) is 0. The van der Waals surface area contributed by atoms with Gasteiger partial charge in [-0.05, 0) is 6.92 Å². The molecule has 0 atom stereocenters. The summed E-state index contributed by atoms with van der Waals surface area (Å²) in [6, 6.07) is 0. The molecule has 0 bridgehead atoms. The zero-order valence-corrected chi connectivity index (χ0v) is 7.72. The van der Waals surface area contributed by atoms with Gasteiger partial charge in [0.2, 0.25) is 0 Å². The molecular formula is C7H8N2O3S. The molecule has 0 spiro atoms. The number of thiazole rings is 1. The molecule has 1 amide bonds. The third-order valence-corrected chi connectivity index (χ3v) is 2.45. The highest BCUT2D eigenvalue weighted by Gasteiger charge is 2.13. The Labute approximate surface area is 78.2 Å². The van der Waals surface area contributed by atoms with Crippen molar-refractivity contribution in [2.75, 3.05) is 0 Å². The Morgan fingerprint density at radius 3 is 2.62 bits per heavy atom. The van der Waals surface area contributed by atoms with Crippen LogP contribution in [-0.2, 0) is 11.2 Å². The van der Waals surface area contributed by atoms with E-state index in [1.807, 2.05) is 0 Å². The summed E-state index contributed by atoms with van der Waals surface area (Å²) in [4.78, 5) is 25.6. The lowest BCUT2D eigenvalue weighted by molar-refractivity contribution is -0.136. The largest absolute Gasteiger partial charge is 0.481 e. The van der Waals surface area contributed by atoms with E-state index in [0.29, 0.717) is 5.69 Å². The number of hydrogen-bond acceptors (Lipinski definition) is 4. The third-order valence-electron chi connectivity index (χ3n) is 1.42. The molecule has 1 aromatic heterocycles. The number of aryl methyl sites for hydroxylation is 1. The van der Waals surface area contributed by atoms with Crippen molar-refractivity contribution >= 4 is 23.2 Å². The van der Waals surface area contributed by atoms with Crippen LogP contribution in [0.15, 0.2) is 0 Å². The first-order valence-electron chi connectivity index (χ1n) is 3.48. The molecule has 1 aromatic rings. The van der Waals surface area contributed by atoms with Gasteiger partial charge in [0, 0.05) is 4.88 Å². The Morgan fingerprint density at radius 2 is 2.23 bits per heavy atom. The van der Waals surface area contributed by atoms with Crippen molar-refractivity contribution in [1.29, 1.82) is 0 Å². The molecule has 1 heterocycles. The maximum atomic E-state index is 10.7. The van der Waals surface area contributed by atoms with E-state index in [1.165, 1.54) is 0 Å². The van der Waals surface area contributed by atoms with Gasteiger partial charge in [0.05, 0.1) is 12.1 Å². The summed E-state index contributed by atoms with van der Waals surface area (Å²) >= 11 is 1.12. The Kier molecular flexibility index (Phi) is 2.62. The van der Waals surface area contributed by atoms with E-state index in [9.17, 15) is 9.59 Å². The number of carboxylic acids is 1. The van der Waals surface area contributed by atoms with Crippen LogP contribution in [0.5, 0.6) is 0 Å². The van der Waals surface area contributed by atoms with Crippen LogP contribution in [0, 0.1) is 6.92 Å². The Hall–Kier alpha value is -1.43. The number of nitrogens with zero attached hydrogens (tertiary/aromatic N) is 1. The summed E-state index contributed by atoms with van der Waals surface area (Å²) in [6.07, 6.45) is -0.171. The molecule has 0 aliphatic heterocycles. The lowest BCUT2D eigenvalue weighted by atomic mass is 10.3. The maximum Gasteiger partial charge on any atom is 0.309 e. The van der Waals surface area contributed by atoms with Crippen LogP contribution < -0.4 is 5.73 Å². The normalized spacial score (nSPS) is 9.92. The van der Waals surface area contributed by atoms with Crippen LogP contribution >= 0.6 is 11.3 Å². The molecule has 1 rings (SSSR count). The molecule has 0 unspecified atom stereocenters. The molecule has 5 nitrogen and oxygen atoms in total. The highest BCUT2D eigenvalue weighted by atomic mass is 32.1. The smallest absolute Gasteiger partial charge is 0.309 e. The van der Waals surface area contributed by atoms with Gasteiger partial charge in [-0.2, -0.15) is 0 Å². The Bertz CT molecular complexity index is 359. The van der Waals surface area contributed by atoms with Gasteiger partial charge in [0.1, 0.15) is 0 Å². The number of hydrogen-bond donors (Lipinski definition) is 2. The Balaban J connectivity index is 2.96. The number of carbonyl (C=O) groups excluding carboxylic acids is 1. The first-order valence-corrected chi connectivity index (χ1v) is 4.30. The predicted octanol–water partition coefficient (Wildman–Crippen LogP) is 0.178. The molecule has 70 valence electrons.